The van der Waals surface area contributed by atoms with Crippen molar-refractivity contribution in [3.8, 4) is 0 Å². The number of amides is 1. The van der Waals surface area contributed by atoms with Crippen LogP contribution in [0.25, 0.3) is 0 Å². The maximum Gasteiger partial charge on any atom is 0.409 e. The number of ether oxygens (including phenoxy) is 1. The highest BCUT2D eigenvalue weighted by Gasteiger charge is 2.33. The first kappa shape index (κ1) is 10.3. The van der Waals surface area contributed by atoms with E-state index in [-0.39, 0.29) is 11.6 Å². The molecule has 1 heterocycles. The number of carbonyl (C=O) groups excluding carboxylic acids is 1. The fourth-order valence-corrected chi connectivity index (χ4v) is 1.72. The van der Waals surface area contributed by atoms with Gasteiger partial charge in [0.2, 0.25) is 0 Å². The molecule has 0 saturated carbocycles. The Kier molecular flexibility index (Phi) is 2.81. The van der Waals surface area contributed by atoms with E-state index in [1.165, 1.54) is 7.11 Å². The van der Waals surface area contributed by atoms with Gasteiger partial charge < -0.3 is 15.4 Å². The molecule has 0 atom stereocenters. The number of carbonyl (C=O) groups is 1. The lowest BCUT2D eigenvalue weighted by Crippen LogP contribution is -2.53. The minimum absolute atomic E-state index is 0.132. The van der Waals surface area contributed by atoms with Crippen LogP contribution >= 0.6 is 0 Å². The second kappa shape index (κ2) is 3.54. The Bertz CT molecular complexity index is 192. The van der Waals surface area contributed by atoms with E-state index >= 15 is 0 Å². The van der Waals surface area contributed by atoms with Crippen LogP contribution in [0.3, 0.4) is 0 Å². The molecule has 1 aliphatic rings. The quantitative estimate of drug-likeness (QED) is 0.694. The van der Waals surface area contributed by atoms with Crippen molar-refractivity contribution in [1.29, 1.82) is 0 Å². The zero-order chi connectivity index (χ0) is 10.1. The lowest BCUT2D eigenvalue weighted by atomic mass is 9.87. The Balaban J connectivity index is 2.22. The molecule has 2 N–H and O–H groups in total. The third kappa shape index (κ3) is 2.88. The van der Waals surface area contributed by atoms with Crippen molar-refractivity contribution in [2.45, 2.75) is 25.8 Å². The van der Waals surface area contributed by atoms with Gasteiger partial charge in [-0.25, -0.2) is 4.79 Å². The number of nitrogens with zero attached hydrogens (tertiary/aromatic N) is 1. The maximum absolute atomic E-state index is 11.0. The van der Waals surface area contributed by atoms with E-state index in [4.69, 9.17) is 5.73 Å². The van der Waals surface area contributed by atoms with Crippen molar-refractivity contribution < 1.29 is 9.53 Å². The van der Waals surface area contributed by atoms with Gasteiger partial charge in [0.15, 0.2) is 0 Å². The second-order valence-electron chi connectivity index (χ2n) is 4.43. The SMILES string of the molecule is COC(=O)N1CC(CC(C)(C)N)C1. The largest absolute Gasteiger partial charge is 0.453 e. The third-order valence-electron chi connectivity index (χ3n) is 2.20. The molecule has 1 saturated heterocycles. The standard InChI is InChI=1S/C9H18N2O2/c1-9(2,10)4-7-5-11(6-7)8(12)13-3/h7H,4-6,10H2,1-3H3. The highest BCUT2D eigenvalue weighted by molar-refractivity contribution is 5.68. The Labute approximate surface area is 79.0 Å². The molecule has 1 rings (SSSR count). The average molecular weight is 186 g/mol. The first-order valence-corrected chi connectivity index (χ1v) is 4.54. The molecule has 0 aliphatic carbocycles. The molecule has 0 aromatic rings. The Hall–Kier alpha value is -0.770. The zero-order valence-corrected chi connectivity index (χ0v) is 8.54. The molecule has 4 nitrogen and oxygen atoms in total. The summed E-state index contributed by atoms with van der Waals surface area (Å²) in [5.41, 5.74) is 5.73. The van der Waals surface area contributed by atoms with Gasteiger partial charge in [0.25, 0.3) is 0 Å². The van der Waals surface area contributed by atoms with Crippen molar-refractivity contribution in [3.63, 3.8) is 0 Å². The summed E-state index contributed by atoms with van der Waals surface area (Å²) in [6.45, 7) is 5.59. The molecule has 0 unspecified atom stereocenters. The molecule has 0 aromatic heterocycles. The van der Waals surface area contributed by atoms with Gasteiger partial charge in [-0.1, -0.05) is 0 Å². The maximum atomic E-state index is 11.0. The molecule has 1 amide bonds. The van der Waals surface area contributed by atoms with Crippen molar-refractivity contribution in [2.75, 3.05) is 20.2 Å². The van der Waals surface area contributed by atoms with Gasteiger partial charge in [-0.15, -0.1) is 0 Å². The first-order valence-electron chi connectivity index (χ1n) is 4.54. The minimum atomic E-state index is -0.230. The van der Waals surface area contributed by atoms with Gasteiger partial charge in [0, 0.05) is 18.6 Å². The molecular formula is C9H18N2O2. The lowest BCUT2D eigenvalue weighted by Gasteiger charge is -2.40. The summed E-state index contributed by atoms with van der Waals surface area (Å²) in [7, 11) is 1.41. The number of rotatable bonds is 2. The van der Waals surface area contributed by atoms with Gasteiger partial charge >= 0.3 is 6.09 Å². The molecular weight excluding hydrogens is 168 g/mol. The normalized spacial score (nSPS) is 18.3. The number of hydrogen-bond acceptors (Lipinski definition) is 3. The van der Waals surface area contributed by atoms with Crippen molar-refractivity contribution in [3.05, 3.63) is 0 Å². The van der Waals surface area contributed by atoms with E-state index in [9.17, 15) is 4.79 Å². The Morgan fingerprint density at radius 3 is 2.54 bits per heavy atom. The molecule has 0 spiro atoms. The summed E-state index contributed by atoms with van der Waals surface area (Å²) >= 11 is 0. The van der Waals surface area contributed by atoms with Crippen LogP contribution in [-0.4, -0.2) is 36.7 Å². The number of likely N-dealkylation sites (tertiary alicyclic amines) is 1. The molecule has 4 heteroatoms. The van der Waals surface area contributed by atoms with Crippen molar-refractivity contribution >= 4 is 6.09 Å². The van der Waals surface area contributed by atoms with Crippen LogP contribution in [0.1, 0.15) is 20.3 Å². The van der Waals surface area contributed by atoms with Crippen LogP contribution in [-0.2, 0) is 4.74 Å². The van der Waals surface area contributed by atoms with Crippen LogP contribution in [0.15, 0.2) is 0 Å². The smallest absolute Gasteiger partial charge is 0.409 e. The van der Waals surface area contributed by atoms with Crippen molar-refractivity contribution in [1.82, 2.24) is 4.90 Å². The predicted molar refractivity (Wildman–Crippen MR) is 50.4 cm³/mol. The summed E-state index contributed by atoms with van der Waals surface area (Å²) in [6.07, 6.45) is 0.728. The van der Waals surface area contributed by atoms with E-state index in [2.05, 4.69) is 4.74 Å². The highest BCUT2D eigenvalue weighted by atomic mass is 16.5. The topological polar surface area (TPSA) is 55.6 Å². The monoisotopic (exact) mass is 186 g/mol. The fourth-order valence-electron chi connectivity index (χ4n) is 1.72. The molecule has 1 aliphatic heterocycles. The van der Waals surface area contributed by atoms with Crippen LogP contribution in [0.2, 0.25) is 0 Å². The van der Waals surface area contributed by atoms with E-state index < -0.39 is 0 Å². The molecule has 0 aromatic carbocycles. The summed E-state index contributed by atoms with van der Waals surface area (Å²) in [5.74, 6) is 0.541. The average Bonchev–Trinajstić information content (AvgIpc) is 1.92. The van der Waals surface area contributed by atoms with Crippen LogP contribution in [0.4, 0.5) is 4.79 Å². The van der Waals surface area contributed by atoms with Gasteiger partial charge in [-0.05, 0) is 26.2 Å². The van der Waals surface area contributed by atoms with Crippen LogP contribution in [0.5, 0.6) is 0 Å². The summed E-state index contributed by atoms with van der Waals surface area (Å²) < 4.78 is 4.59. The van der Waals surface area contributed by atoms with Gasteiger partial charge in [0.05, 0.1) is 7.11 Å². The van der Waals surface area contributed by atoms with E-state index in [1.807, 2.05) is 13.8 Å². The summed E-state index contributed by atoms with van der Waals surface area (Å²) in [6, 6.07) is 0. The Morgan fingerprint density at radius 2 is 2.15 bits per heavy atom. The minimum Gasteiger partial charge on any atom is -0.453 e. The van der Waals surface area contributed by atoms with Gasteiger partial charge in [-0.3, -0.25) is 0 Å². The predicted octanol–water partition coefficient (Wildman–Crippen LogP) is 0.812. The summed E-state index contributed by atoms with van der Waals surface area (Å²) in [4.78, 5) is 12.7. The molecule has 1 fully saturated rings. The first-order chi connectivity index (χ1) is 5.92. The zero-order valence-electron chi connectivity index (χ0n) is 8.54. The fraction of sp³-hybridized carbons (Fsp3) is 0.889. The lowest BCUT2D eigenvalue weighted by molar-refractivity contribution is 0.0579. The van der Waals surface area contributed by atoms with Gasteiger partial charge in [0.1, 0.15) is 0 Å². The second-order valence-corrected chi connectivity index (χ2v) is 4.43. The summed E-state index contributed by atoms with van der Waals surface area (Å²) in [5, 5.41) is 0. The van der Waals surface area contributed by atoms with Gasteiger partial charge in [-0.2, -0.15) is 0 Å². The van der Waals surface area contributed by atoms with E-state index in [0.717, 1.165) is 19.5 Å². The Morgan fingerprint density at radius 1 is 1.62 bits per heavy atom. The van der Waals surface area contributed by atoms with Crippen LogP contribution in [0, 0.1) is 5.92 Å². The number of methoxy groups -OCH3 is 1. The van der Waals surface area contributed by atoms with E-state index in [1.54, 1.807) is 4.90 Å². The molecule has 0 radical (unpaired) electrons. The highest BCUT2D eigenvalue weighted by Crippen LogP contribution is 2.24. The van der Waals surface area contributed by atoms with Crippen molar-refractivity contribution in [2.24, 2.45) is 11.7 Å². The van der Waals surface area contributed by atoms with Crippen LogP contribution < -0.4 is 5.73 Å². The number of nitrogens with two attached hydrogens (primary N) is 1. The molecule has 76 valence electrons. The third-order valence-corrected chi connectivity index (χ3v) is 2.20. The molecule has 0 bridgehead atoms. The van der Waals surface area contributed by atoms with E-state index in [0.29, 0.717) is 5.92 Å². The number of hydrogen-bond donors (Lipinski definition) is 1. The molecule has 13 heavy (non-hydrogen) atoms.